The monoisotopic (exact) mass is 240 g/mol. The van der Waals surface area contributed by atoms with Crippen LogP contribution in [0.4, 0.5) is 4.79 Å². The van der Waals surface area contributed by atoms with E-state index < -0.39 is 0 Å². The lowest BCUT2D eigenvalue weighted by atomic mass is 9.96. The molecule has 2 aliphatic heterocycles. The Hall–Kier alpha value is -0.770. The predicted octanol–water partition coefficient (Wildman–Crippen LogP) is 2.14. The summed E-state index contributed by atoms with van der Waals surface area (Å²) in [6.07, 6.45) is 4.46. The summed E-state index contributed by atoms with van der Waals surface area (Å²) >= 11 is 0. The van der Waals surface area contributed by atoms with Crippen molar-refractivity contribution in [3.8, 4) is 0 Å². The Morgan fingerprint density at radius 2 is 1.94 bits per heavy atom. The van der Waals surface area contributed by atoms with Gasteiger partial charge in [0.05, 0.1) is 6.61 Å². The number of carbonyl (C=O) groups is 1. The summed E-state index contributed by atoms with van der Waals surface area (Å²) < 4.78 is 4.95. The van der Waals surface area contributed by atoms with Crippen LogP contribution in [0.3, 0.4) is 0 Å². The molecule has 0 aromatic carbocycles. The Morgan fingerprint density at radius 3 is 2.41 bits per heavy atom. The molecule has 0 radical (unpaired) electrons. The number of hydrogen-bond donors (Lipinski definition) is 1. The second-order valence-electron chi connectivity index (χ2n) is 5.46. The summed E-state index contributed by atoms with van der Waals surface area (Å²) in [5.74, 6) is 0. The van der Waals surface area contributed by atoms with E-state index in [0.29, 0.717) is 30.8 Å². The molecule has 2 atom stereocenters. The molecular weight excluding hydrogens is 216 g/mol. The highest BCUT2D eigenvalue weighted by Gasteiger charge is 2.42. The summed E-state index contributed by atoms with van der Waals surface area (Å²) in [5.41, 5.74) is 0. The first kappa shape index (κ1) is 12.7. The molecule has 98 valence electrons. The van der Waals surface area contributed by atoms with E-state index in [1.807, 2.05) is 6.92 Å². The fourth-order valence-electron chi connectivity index (χ4n) is 3.51. The highest BCUT2D eigenvalue weighted by Crippen LogP contribution is 2.37. The second kappa shape index (κ2) is 5.25. The Kier molecular flexibility index (Phi) is 3.92. The van der Waals surface area contributed by atoms with Crippen molar-refractivity contribution < 1.29 is 9.53 Å². The summed E-state index contributed by atoms with van der Waals surface area (Å²) in [5, 5.41) is 2.99. The van der Waals surface area contributed by atoms with Gasteiger partial charge >= 0.3 is 6.09 Å². The lowest BCUT2D eigenvalue weighted by Crippen LogP contribution is -2.52. The number of rotatable bonds is 3. The minimum atomic E-state index is -0.255. The first-order valence-corrected chi connectivity index (χ1v) is 6.82. The predicted molar refractivity (Wildman–Crippen MR) is 67.0 cm³/mol. The molecule has 0 aliphatic carbocycles. The van der Waals surface area contributed by atoms with E-state index in [9.17, 15) is 4.79 Å². The molecule has 2 rings (SSSR count). The Balaban J connectivity index is 1.89. The van der Waals surface area contributed by atoms with Gasteiger partial charge in [-0.25, -0.2) is 4.79 Å². The number of nitrogens with one attached hydrogen (secondary N) is 1. The zero-order valence-electron chi connectivity index (χ0n) is 11.1. The minimum absolute atomic E-state index is 0.255. The average Bonchev–Trinajstić information content (AvgIpc) is 2.51. The molecule has 0 aromatic heterocycles. The largest absolute Gasteiger partial charge is 0.450 e. The number of carbonyl (C=O) groups excluding carboxylic acids is 1. The third-order valence-corrected chi connectivity index (χ3v) is 3.98. The maximum Gasteiger partial charge on any atom is 0.407 e. The van der Waals surface area contributed by atoms with Gasteiger partial charge in [0.15, 0.2) is 0 Å². The van der Waals surface area contributed by atoms with Gasteiger partial charge in [0.1, 0.15) is 0 Å². The van der Waals surface area contributed by atoms with Crippen LogP contribution < -0.4 is 5.32 Å². The number of hydrogen-bond acceptors (Lipinski definition) is 3. The Morgan fingerprint density at radius 1 is 1.35 bits per heavy atom. The zero-order valence-corrected chi connectivity index (χ0v) is 11.1. The molecule has 0 spiro atoms. The molecular formula is C13H24N2O2. The van der Waals surface area contributed by atoms with Gasteiger partial charge in [-0.05, 0) is 46.5 Å². The van der Waals surface area contributed by atoms with Crippen LogP contribution in [-0.2, 0) is 4.74 Å². The van der Waals surface area contributed by atoms with Crippen molar-refractivity contribution >= 4 is 6.09 Å². The third-order valence-electron chi connectivity index (χ3n) is 3.98. The van der Waals surface area contributed by atoms with Crippen molar-refractivity contribution in [3.63, 3.8) is 0 Å². The molecule has 17 heavy (non-hydrogen) atoms. The molecule has 1 amide bonds. The van der Waals surface area contributed by atoms with E-state index in [1.165, 1.54) is 12.8 Å². The molecule has 2 saturated heterocycles. The van der Waals surface area contributed by atoms with Crippen molar-refractivity contribution in [3.05, 3.63) is 0 Å². The van der Waals surface area contributed by atoms with Crippen molar-refractivity contribution in [1.29, 1.82) is 0 Å². The molecule has 1 N–H and O–H groups in total. The van der Waals surface area contributed by atoms with Crippen LogP contribution in [0.25, 0.3) is 0 Å². The Bertz CT molecular complexity index is 267. The average molecular weight is 240 g/mol. The maximum atomic E-state index is 11.4. The van der Waals surface area contributed by atoms with Crippen LogP contribution in [0.5, 0.6) is 0 Å². The van der Waals surface area contributed by atoms with E-state index in [-0.39, 0.29) is 6.09 Å². The molecule has 2 fully saturated rings. The van der Waals surface area contributed by atoms with Crippen LogP contribution in [-0.4, -0.2) is 41.8 Å². The molecule has 4 heteroatoms. The van der Waals surface area contributed by atoms with Crippen molar-refractivity contribution in [2.75, 3.05) is 6.61 Å². The first-order valence-electron chi connectivity index (χ1n) is 6.82. The maximum absolute atomic E-state index is 11.4. The molecule has 0 saturated carbocycles. The summed E-state index contributed by atoms with van der Waals surface area (Å²) in [4.78, 5) is 14.0. The molecule has 2 aliphatic rings. The minimum Gasteiger partial charge on any atom is -0.450 e. The third kappa shape index (κ3) is 2.73. The molecule has 2 bridgehead atoms. The number of nitrogens with zero attached hydrogens (tertiary/aromatic N) is 1. The van der Waals surface area contributed by atoms with Gasteiger partial charge in [-0.2, -0.15) is 0 Å². The van der Waals surface area contributed by atoms with Crippen LogP contribution in [0, 0.1) is 0 Å². The van der Waals surface area contributed by atoms with Crippen LogP contribution in [0.15, 0.2) is 0 Å². The van der Waals surface area contributed by atoms with Gasteiger partial charge in [0.2, 0.25) is 0 Å². The summed E-state index contributed by atoms with van der Waals surface area (Å²) in [6, 6.07) is 2.24. The van der Waals surface area contributed by atoms with Gasteiger partial charge in [-0.15, -0.1) is 0 Å². The zero-order chi connectivity index (χ0) is 12.4. The van der Waals surface area contributed by atoms with E-state index >= 15 is 0 Å². The molecule has 4 nitrogen and oxygen atoms in total. The number of piperidine rings is 1. The van der Waals surface area contributed by atoms with E-state index in [4.69, 9.17) is 4.74 Å². The lowest BCUT2D eigenvalue weighted by molar-refractivity contribution is 0.0803. The van der Waals surface area contributed by atoms with Crippen molar-refractivity contribution in [2.45, 2.75) is 70.6 Å². The molecule has 2 heterocycles. The molecule has 2 unspecified atom stereocenters. The van der Waals surface area contributed by atoms with Crippen molar-refractivity contribution in [1.82, 2.24) is 10.2 Å². The van der Waals surface area contributed by atoms with E-state index in [0.717, 1.165) is 12.8 Å². The van der Waals surface area contributed by atoms with Crippen LogP contribution >= 0.6 is 0 Å². The topological polar surface area (TPSA) is 41.6 Å². The lowest BCUT2D eigenvalue weighted by Gasteiger charge is -2.41. The van der Waals surface area contributed by atoms with Gasteiger partial charge in [0, 0.05) is 24.2 Å². The van der Waals surface area contributed by atoms with E-state index in [2.05, 4.69) is 24.1 Å². The number of alkyl carbamates (subject to hydrolysis) is 1. The first-order chi connectivity index (χ1) is 8.11. The van der Waals surface area contributed by atoms with Crippen LogP contribution in [0.1, 0.15) is 46.5 Å². The van der Waals surface area contributed by atoms with E-state index in [1.54, 1.807) is 0 Å². The van der Waals surface area contributed by atoms with Gasteiger partial charge in [-0.3, -0.25) is 4.90 Å². The summed E-state index contributed by atoms with van der Waals surface area (Å²) in [7, 11) is 0. The highest BCUT2D eigenvalue weighted by atomic mass is 16.5. The second-order valence-corrected chi connectivity index (χ2v) is 5.46. The fourth-order valence-corrected chi connectivity index (χ4v) is 3.51. The SMILES string of the molecule is CCOC(=O)NC1CC2CCC(C1)N2C(C)C. The van der Waals surface area contributed by atoms with Gasteiger partial charge in [0.25, 0.3) is 0 Å². The highest BCUT2D eigenvalue weighted by molar-refractivity contribution is 5.67. The molecule has 0 aromatic rings. The number of ether oxygens (including phenoxy) is 1. The summed E-state index contributed by atoms with van der Waals surface area (Å²) in [6.45, 7) is 6.82. The smallest absolute Gasteiger partial charge is 0.407 e. The van der Waals surface area contributed by atoms with Crippen molar-refractivity contribution in [2.24, 2.45) is 0 Å². The van der Waals surface area contributed by atoms with Gasteiger partial charge < -0.3 is 10.1 Å². The number of fused-ring (bicyclic) bond motifs is 2. The standard InChI is InChI=1S/C13H24N2O2/c1-4-17-13(16)14-10-7-11-5-6-12(8-10)15(11)9(2)3/h9-12H,4-8H2,1-3H3,(H,14,16). The Labute approximate surface area is 104 Å². The normalized spacial score (nSPS) is 32.8. The number of amides is 1. The fraction of sp³-hybridized carbons (Fsp3) is 0.923. The van der Waals surface area contributed by atoms with Crippen LogP contribution in [0.2, 0.25) is 0 Å². The van der Waals surface area contributed by atoms with Gasteiger partial charge in [-0.1, -0.05) is 0 Å². The quantitative estimate of drug-likeness (QED) is 0.821.